The predicted molar refractivity (Wildman–Crippen MR) is 118 cm³/mol. The van der Waals surface area contributed by atoms with Crippen molar-refractivity contribution in [2.75, 3.05) is 19.8 Å². The number of aryl methyl sites for hydroxylation is 1. The third kappa shape index (κ3) is 8.88. The second-order valence-electron chi connectivity index (χ2n) is 7.35. The molecule has 0 saturated carbocycles. The van der Waals surface area contributed by atoms with Crippen molar-refractivity contribution < 1.29 is 9.47 Å². The van der Waals surface area contributed by atoms with Crippen LogP contribution in [0.25, 0.3) is 11.3 Å². The summed E-state index contributed by atoms with van der Waals surface area (Å²) >= 11 is 0. The number of ether oxygens (including phenoxy) is 2. The molecule has 3 heteroatoms. The van der Waals surface area contributed by atoms with Gasteiger partial charge in [-0.05, 0) is 74.9 Å². The molecule has 0 atom stereocenters. The summed E-state index contributed by atoms with van der Waals surface area (Å²) < 4.78 is 11.2. The van der Waals surface area contributed by atoms with Crippen LogP contribution in [0.4, 0.5) is 0 Å². The van der Waals surface area contributed by atoms with E-state index in [0.717, 1.165) is 62.5 Å². The smallest absolute Gasteiger partial charge is 0.119 e. The summed E-state index contributed by atoms with van der Waals surface area (Å²) in [7, 11) is 0. The van der Waals surface area contributed by atoms with Crippen molar-refractivity contribution in [2.24, 2.45) is 0 Å². The molecule has 28 heavy (non-hydrogen) atoms. The molecule has 2 rings (SSSR count). The predicted octanol–water partition coefficient (Wildman–Crippen LogP) is 6.85. The highest BCUT2D eigenvalue weighted by Gasteiger charge is 2.02. The van der Waals surface area contributed by atoms with E-state index in [2.05, 4.69) is 36.2 Å². The average Bonchev–Trinajstić information content (AvgIpc) is 2.74. The van der Waals surface area contributed by atoms with E-state index in [4.69, 9.17) is 9.47 Å². The number of nitrogens with zero attached hydrogens (tertiary/aromatic N) is 1. The van der Waals surface area contributed by atoms with Gasteiger partial charge in [-0.2, -0.15) is 0 Å². The van der Waals surface area contributed by atoms with Crippen LogP contribution in [0.5, 0.6) is 5.75 Å². The summed E-state index contributed by atoms with van der Waals surface area (Å²) in [5.74, 6) is 0.928. The molecule has 0 unspecified atom stereocenters. The first-order valence-corrected chi connectivity index (χ1v) is 11.1. The van der Waals surface area contributed by atoms with Crippen molar-refractivity contribution in [1.29, 1.82) is 0 Å². The second-order valence-corrected chi connectivity index (χ2v) is 7.35. The van der Waals surface area contributed by atoms with E-state index in [0.29, 0.717) is 0 Å². The minimum atomic E-state index is 0.761. The third-order valence-corrected chi connectivity index (χ3v) is 4.95. The first-order valence-electron chi connectivity index (χ1n) is 11.1. The van der Waals surface area contributed by atoms with E-state index in [-0.39, 0.29) is 0 Å². The van der Waals surface area contributed by atoms with Gasteiger partial charge in [0, 0.05) is 25.0 Å². The Morgan fingerprint density at radius 2 is 1.50 bits per heavy atom. The van der Waals surface area contributed by atoms with E-state index in [9.17, 15) is 0 Å². The average molecular weight is 384 g/mol. The Hall–Kier alpha value is -1.87. The van der Waals surface area contributed by atoms with Crippen molar-refractivity contribution >= 4 is 0 Å². The van der Waals surface area contributed by atoms with Crippen LogP contribution >= 0.6 is 0 Å². The van der Waals surface area contributed by atoms with E-state index in [1.54, 1.807) is 0 Å². The van der Waals surface area contributed by atoms with Gasteiger partial charge in [0.2, 0.25) is 0 Å². The van der Waals surface area contributed by atoms with E-state index >= 15 is 0 Å². The Morgan fingerprint density at radius 1 is 0.750 bits per heavy atom. The fourth-order valence-electron chi connectivity index (χ4n) is 3.22. The van der Waals surface area contributed by atoms with Crippen LogP contribution in [-0.2, 0) is 11.2 Å². The van der Waals surface area contributed by atoms with Crippen LogP contribution in [-0.4, -0.2) is 24.8 Å². The number of benzene rings is 1. The summed E-state index contributed by atoms with van der Waals surface area (Å²) in [5, 5.41) is 0. The van der Waals surface area contributed by atoms with Gasteiger partial charge in [-0.15, -0.1) is 0 Å². The summed E-state index contributed by atoms with van der Waals surface area (Å²) in [6.45, 7) is 6.71. The number of hydrogen-bond acceptors (Lipinski definition) is 3. The topological polar surface area (TPSA) is 31.4 Å². The fourth-order valence-corrected chi connectivity index (χ4v) is 3.22. The fraction of sp³-hybridized carbons (Fsp3) is 0.560. The van der Waals surface area contributed by atoms with Gasteiger partial charge in [0.25, 0.3) is 0 Å². The highest BCUT2D eigenvalue weighted by molar-refractivity contribution is 5.60. The van der Waals surface area contributed by atoms with Gasteiger partial charge in [0.15, 0.2) is 0 Å². The second kappa shape index (κ2) is 14.2. The van der Waals surface area contributed by atoms with Crippen molar-refractivity contribution in [3.05, 3.63) is 48.2 Å². The molecule has 0 aliphatic rings. The lowest BCUT2D eigenvalue weighted by molar-refractivity contribution is 0.141. The lowest BCUT2D eigenvalue weighted by Gasteiger charge is -2.08. The van der Waals surface area contributed by atoms with Gasteiger partial charge in [-0.1, -0.05) is 38.7 Å². The monoisotopic (exact) mass is 383 g/mol. The highest BCUT2D eigenvalue weighted by atomic mass is 16.5. The summed E-state index contributed by atoms with van der Waals surface area (Å²) in [5.41, 5.74) is 3.50. The number of rotatable bonds is 15. The molecule has 154 valence electrons. The van der Waals surface area contributed by atoms with Crippen LogP contribution in [0.1, 0.15) is 70.8 Å². The minimum Gasteiger partial charge on any atom is -0.494 e. The van der Waals surface area contributed by atoms with Crippen LogP contribution in [0, 0.1) is 0 Å². The first kappa shape index (κ1) is 22.4. The molecule has 0 spiro atoms. The normalized spacial score (nSPS) is 10.9. The number of pyridine rings is 1. The molecule has 0 amide bonds. The quantitative estimate of drug-likeness (QED) is 0.315. The maximum Gasteiger partial charge on any atom is 0.119 e. The van der Waals surface area contributed by atoms with Crippen molar-refractivity contribution in [2.45, 2.75) is 71.6 Å². The molecule has 0 bridgehead atoms. The van der Waals surface area contributed by atoms with Gasteiger partial charge in [0.1, 0.15) is 5.75 Å². The SMILES string of the molecule is CCCCCCCc1ccc(-c2ccc(OCCCCCOCC)cc2)nc1. The Balaban J connectivity index is 1.70. The molecule has 0 N–H and O–H groups in total. The minimum absolute atomic E-state index is 0.761. The largest absolute Gasteiger partial charge is 0.494 e. The zero-order valence-electron chi connectivity index (χ0n) is 17.8. The maximum absolute atomic E-state index is 5.83. The zero-order valence-corrected chi connectivity index (χ0v) is 17.8. The van der Waals surface area contributed by atoms with Crippen molar-refractivity contribution in [1.82, 2.24) is 4.98 Å². The standard InChI is InChI=1S/C25H37NO2/c1-3-5-6-7-9-12-22-13-18-25(26-21-22)23-14-16-24(17-15-23)28-20-11-8-10-19-27-4-2/h13-18,21H,3-12,19-20H2,1-2H3. The number of aromatic nitrogens is 1. The molecule has 0 radical (unpaired) electrons. The van der Waals surface area contributed by atoms with Gasteiger partial charge < -0.3 is 9.47 Å². The van der Waals surface area contributed by atoms with Gasteiger partial charge in [-0.3, -0.25) is 4.98 Å². The molecular formula is C25H37NO2. The van der Waals surface area contributed by atoms with Crippen LogP contribution in [0.3, 0.4) is 0 Å². The van der Waals surface area contributed by atoms with E-state index < -0.39 is 0 Å². The molecule has 0 aliphatic heterocycles. The molecule has 2 aromatic rings. The first-order chi connectivity index (χ1) is 13.8. The molecule has 1 heterocycles. The molecular weight excluding hydrogens is 346 g/mol. The van der Waals surface area contributed by atoms with Crippen molar-refractivity contribution in [3.8, 4) is 17.0 Å². The van der Waals surface area contributed by atoms with Crippen molar-refractivity contribution in [3.63, 3.8) is 0 Å². The number of hydrogen-bond donors (Lipinski definition) is 0. The van der Waals surface area contributed by atoms with Gasteiger partial charge in [0.05, 0.1) is 12.3 Å². The van der Waals surface area contributed by atoms with Crippen LogP contribution < -0.4 is 4.74 Å². The molecule has 3 nitrogen and oxygen atoms in total. The Kier molecular flexibility index (Phi) is 11.3. The van der Waals surface area contributed by atoms with Crippen LogP contribution in [0.2, 0.25) is 0 Å². The summed E-state index contributed by atoms with van der Waals surface area (Å²) in [4.78, 5) is 4.65. The number of unbranched alkanes of at least 4 members (excludes halogenated alkanes) is 6. The van der Waals surface area contributed by atoms with E-state index in [1.807, 2.05) is 25.3 Å². The Bertz CT molecular complexity index is 622. The van der Waals surface area contributed by atoms with Gasteiger partial charge >= 0.3 is 0 Å². The Labute approximate surface area is 171 Å². The molecule has 0 aliphatic carbocycles. The third-order valence-electron chi connectivity index (χ3n) is 4.95. The maximum atomic E-state index is 5.83. The molecule has 1 aromatic heterocycles. The molecule has 1 aromatic carbocycles. The molecule has 0 saturated heterocycles. The highest BCUT2D eigenvalue weighted by Crippen LogP contribution is 2.21. The van der Waals surface area contributed by atoms with Crippen LogP contribution in [0.15, 0.2) is 42.6 Å². The van der Waals surface area contributed by atoms with Gasteiger partial charge in [-0.25, -0.2) is 0 Å². The summed E-state index contributed by atoms with van der Waals surface area (Å²) in [6, 6.07) is 12.6. The Morgan fingerprint density at radius 3 is 2.21 bits per heavy atom. The zero-order chi connectivity index (χ0) is 19.9. The molecule has 0 fully saturated rings. The lowest BCUT2D eigenvalue weighted by Crippen LogP contribution is -1.99. The van der Waals surface area contributed by atoms with E-state index in [1.165, 1.54) is 37.7 Å². The summed E-state index contributed by atoms with van der Waals surface area (Å²) in [6.07, 6.45) is 13.1. The lowest BCUT2D eigenvalue weighted by atomic mass is 10.1.